The van der Waals surface area contributed by atoms with Gasteiger partial charge in [0.2, 0.25) is 15.9 Å². The van der Waals surface area contributed by atoms with E-state index in [1.165, 1.54) is 37.6 Å². The number of thiophene rings is 1. The van der Waals surface area contributed by atoms with E-state index in [1.807, 2.05) is 6.07 Å². The van der Waals surface area contributed by atoms with E-state index in [2.05, 4.69) is 5.32 Å². The molecule has 0 saturated heterocycles. The van der Waals surface area contributed by atoms with Crippen molar-refractivity contribution in [1.82, 2.24) is 9.62 Å². The molecule has 1 aromatic heterocycles. The van der Waals surface area contributed by atoms with E-state index in [0.717, 1.165) is 9.18 Å². The summed E-state index contributed by atoms with van der Waals surface area (Å²) >= 11 is 7.19. The van der Waals surface area contributed by atoms with Gasteiger partial charge in [0.15, 0.2) is 0 Å². The van der Waals surface area contributed by atoms with Crippen LogP contribution in [-0.4, -0.2) is 32.7 Å². The molecular formula is C16H17ClN2O3S2. The molecule has 1 amide bonds. The van der Waals surface area contributed by atoms with E-state index in [1.54, 1.807) is 30.3 Å². The predicted molar refractivity (Wildman–Crippen MR) is 97.5 cm³/mol. The van der Waals surface area contributed by atoms with Crippen LogP contribution in [0.1, 0.15) is 10.4 Å². The summed E-state index contributed by atoms with van der Waals surface area (Å²) in [5.41, 5.74) is 0.534. The Labute approximate surface area is 150 Å². The summed E-state index contributed by atoms with van der Waals surface area (Å²) in [6, 6.07) is 10.2. The molecule has 0 unspecified atom stereocenters. The van der Waals surface area contributed by atoms with Crippen LogP contribution < -0.4 is 5.32 Å². The number of rotatable bonds is 6. The van der Waals surface area contributed by atoms with Crippen molar-refractivity contribution in [2.75, 3.05) is 14.1 Å². The highest BCUT2D eigenvalue weighted by Gasteiger charge is 2.20. The Hall–Kier alpha value is -1.67. The largest absolute Gasteiger partial charge is 0.348 e. The third-order valence-electron chi connectivity index (χ3n) is 3.18. The monoisotopic (exact) mass is 384 g/mol. The first-order valence-electron chi connectivity index (χ1n) is 7.02. The molecular weight excluding hydrogens is 368 g/mol. The molecule has 0 bridgehead atoms. The molecule has 128 valence electrons. The van der Waals surface area contributed by atoms with E-state index in [9.17, 15) is 13.2 Å². The van der Waals surface area contributed by atoms with E-state index in [4.69, 9.17) is 11.6 Å². The third-order valence-corrected chi connectivity index (χ3v) is 6.29. The van der Waals surface area contributed by atoms with Crippen molar-refractivity contribution in [2.24, 2.45) is 0 Å². The molecule has 0 aliphatic heterocycles. The zero-order valence-corrected chi connectivity index (χ0v) is 15.6. The fraction of sp³-hybridized carbons (Fsp3) is 0.188. The van der Waals surface area contributed by atoms with Gasteiger partial charge in [-0.2, -0.15) is 0 Å². The number of carbonyl (C=O) groups is 1. The Morgan fingerprint density at radius 2 is 1.96 bits per heavy atom. The minimum atomic E-state index is -3.56. The number of benzene rings is 1. The first-order valence-corrected chi connectivity index (χ1v) is 9.66. The second-order valence-corrected chi connectivity index (χ2v) is 8.96. The van der Waals surface area contributed by atoms with E-state index < -0.39 is 10.0 Å². The van der Waals surface area contributed by atoms with Gasteiger partial charge in [0.25, 0.3) is 0 Å². The highest BCUT2D eigenvalue weighted by atomic mass is 35.5. The fourth-order valence-corrected chi connectivity index (χ4v) is 3.99. The molecule has 2 aromatic rings. The van der Waals surface area contributed by atoms with Crippen LogP contribution >= 0.6 is 22.9 Å². The molecule has 1 heterocycles. The van der Waals surface area contributed by atoms with Crippen molar-refractivity contribution >= 4 is 44.9 Å². The van der Waals surface area contributed by atoms with Gasteiger partial charge in [0.1, 0.15) is 0 Å². The molecule has 0 aliphatic carbocycles. The fourth-order valence-electron chi connectivity index (χ4n) is 1.92. The molecule has 0 radical (unpaired) electrons. The van der Waals surface area contributed by atoms with E-state index >= 15 is 0 Å². The molecule has 1 aromatic carbocycles. The third kappa shape index (κ3) is 4.67. The summed E-state index contributed by atoms with van der Waals surface area (Å²) in [5.74, 6) is -0.309. The van der Waals surface area contributed by atoms with Crippen LogP contribution in [0.15, 0.2) is 47.4 Å². The number of nitrogens with one attached hydrogen (secondary N) is 1. The summed E-state index contributed by atoms with van der Waals surface area (Å²) in [5, 5.41) is 2.69. The lowest BCUT2D eigenvalue weighted by Crippen LogP contribution is -2.26. The van der Waals surface area contributed by atoms with Crippen molar-refractivity contribution in [1.29, 1.82) is 0 Å². The van der Waals surface area contributed by atoms with Crippen molar-refractivity contribution in [2.45, 2.75) is 11.4 Å². The van der Waals surface area contributed by atoms with Crippen LogP contribution in [-0.2, 0) is 21.4 Å². The van der Waals surface area contributed by atoms with Gasteiger partial charge in [0.05, 0.1) is 9.23 Å². The minimum absolute atomic E-state index is 0.123. The lowest BCUT2D eigenvalue weighted by atomic mass is 10.2. The maximum atomic E-state index is 12.3. The standard InChI is InChI=1S/C16H17ClN2O3S2/c1-19(2)24(21,22)14-6-4-3-5-12(14)11-18-16(20)10-8-13-7-9-15(17)23-13/h3-10H,11H2,1-2H3,(H,18,20)/b10-8+. The van der Waals surface area contributed by atoms with Gasteiger partial charge >= 0.3 is 0 Å². The molecule has 0 saturated carbocycles. The average Bonchev–Trinajstić information content (AvgIpc) is 2.96. The average molecular weight is 385 g/mol. The lowest BCUT2D eigenvalue weighted by Gasteiger charge is -2.15. The molecule has 0 atom stereocenters. The number of halogens is 1. The summed E-state index contributed by atoms with van der Waals surface area (Å²) in [6.07, 6.45) is 3.06. The first kappa shape index (κ1) is 18.7. The molecule has 0 fully saturated rings. The van der Waals surface area contributed by atoms with Crippen LogP contribution in [0, 0.1) is 0 Å². The smallest absolute Gasteiger partial charge is 0.244 e. The Bertz CT molecular complexity index is 858. The predicted octanol–water partition coefficient (Wildman–Crippen LogP) is 2.98. The normalized spacial score (nSPS) is 12.0. The van der Waals surface area contributed by atoms with Gasteiger partial charge in [-0.3, -0.25) is 4.79 Å². The van der Waals surface area contributed by atoms with Gasteiger partial charge < -0.3 is 5.32 Å². The zero-order chi connectivity index (χ0) is 17.7. The van der Waals surface area contributed by atoms with Gasteiger partial charge in [-0.1, -0.05) is 29.8 Å². The van der Waals surface area contributed by atoms with Crippen molar-refractivity contribution in [3.63, 3.8) is 0 Å². The second-order valence-electron chi connectivity index (χ2n) is 5.09. The van der Waals surface area contributed by atoms with Crippen LogP contribution in [0.3, 0.4) is 0 Å². The zero-order valence-electron chi connectivity index (χ0n) is 13.2. The maximum Gasteiger partial charge on any atom is 0.244 e. The summed E-state index contributed by atoms with van der Waals surface area (Å²) < 4.78 is 26.4. The van der Waals surface area contributed by atoms with E-state index in [0.29, 0.717) is 9.90 Å². The highest BCUT2D eigenvalue weighted by Crippen LogP contribution is 2.22. The Morgan fingerprint density at radius 3 is 2.58 bits per heavy atom. The number of amides is 1. The SMILES string of the molecule is CN(C)S(=O)(=O)c1ccccc1CNC(=O)/C=C/c1ccc(Cl)s1. The number of hydrogen-bond donors (Lipinski definition) is 1. The van der Waals surface area contributed by atoms with E-state index in [-0.39, 0.29) is 17.3 Å². The number of nitrogens with zero attached hydrogens (tertiary/aromatic N) is 1. The molecule has 24 heavy (non-hydrogen) atoms. The number of sulfonamides is 1. The first-order chi connectivity index (χ1) is 11.3. The van der Waals surface area contributed by atoms with Gasteiger partial charge in [-0.05, 0) is 29.8 Å². The molecule has 2 rings (SSSR count). The molecule has 5 nitrogen and oxygen atoms in total. The lowest BCUT2D eigenvalue weighted by molar-refractivity contribution is -0.116. The van der Waals surface area contributed by atoms with Crippen molar-refractivity contribution in [3.8, 4) is 0 Å². The number of carbonyl (C=O) groups excluding carboxylic acids is 1. The molecule has 1 N–H and O–H groups in total. The van der Waals surface area contributed by atoms with Crippen molar-refractivity contribution < 1.29 is 13.2 Å². The topological polar surface area (TPSA) is 66.5 Å². The van der Waals surface area contributed by atoms with Crippen LogP contribution in [0.4, 0.5) is 0 Å². The molecule has 0 aliphatic rings. The van der Waals surface area contributed by atoms with Gasteiger partial charge in [-0.25, -0.2) is 12.7 Å². The van der Waals surface area contributed by atoms with Crippen LogP contribution in [0.5, 0.6) is 0 Å². The summed E-state index contributed by atoms with van der Waals surface area (Å²) in [4.78, 5) is 13.0. The Kier molecular flexibility index (Phi) is 6.17. The van der Waals surface area contributed by atoms with Gasteiger partial charge in [-0.15, -0.1) is 11.3 Å². The maximum absolute atomic E-state index is 12.3. The molecule has 0 spiro atoms. The van der Waals surface area contributed by atoms with Gasteiger partial charge in [0, 0.05) is 31.6 Å². The molecule has 8 heteroatoms. The quantitative estimate of drug-likeness (QED) is 0.778. The summed E-state index contributed by atoms with van der Waals surface area (Å²) in [7, 11) is -0.613. The second kappa shape index (κ2) is 7.94. The van der Waals surface area contributed by atoms with Crippen LogP contribution in [0.2, 0.25) is 4.34 Å². The number of hydrogen-bond acceptors (Lipinski definition) is 4. The highest BCUT2D eigenvalue weighted by molar-refractivity contribution is 7.89. The Morgan fingerprint density at radius 1 is 1.25 bits per heavy atom. The Balaban J connectivity index is 2.07. The summed E-state index contributed by atoms with van der Waals surface area (Å²) in [6.45, 7) is 0.123. The van der Waals surface area contributed by atoms with Crippen LogP contribution in [0.25, 0.3) is 6.08 Å². The minimum Gasteiger partial charge on any atom is -0.348 e. The van der Waals surface area contributed by atoms with Crippen molar-refractivity contribution in [3.05, 3.63) is 57.3 Å².